The first kappa shape index (κ1) is 7.70. The highest BCUT2D eigenvalue weighted by atomic mass is 16.5. The van der Waals surface area contributed by atoms with Crippen LogP contribution in [0.3, 0.4) is 0 Å². The quantitative estimate of drug-likeness (QED) is 0.572. The summed E-state index contributed by atoms with van der Waals surface area (Å²) < 4.78 is 6.69. The van der Waals surface area contributed by atoms with Gasteiger partial charge < -0.3 is 4.74 Å². The Kier molecular flexibility index (Phi) is 2.59. The van der Waals surface area contributed by atoms with Crippen molar-refractivity contribution < 1.29 is 9.30 Å². The maximum atomic E-state index is 8.53. The number of aromatic nitrogens is 1. The Bertz CT molecular complexity index is 278. The zero-order valence-corrected chi connectivity index (χ0v) is 6.32. The van der Waals surface area contributed by atoms with Crippen molar-refractivity contribution in [1.82, 2.24) is 0 Å². The van der Waals surface area contributed by atoms with Gasteiger partial charge in [-0.25, -0.2) is 0 Å². The number of nitriles is 1. The van der Waals surface area contributed by atoms with Gasteiger partial charge in [-0.3, -0.25) is 0 Å². The van der Waals surface area contributed by atoms with E-state index in [4.69, 9.17) is 10.00 Å². The third-order valence-electron chi connectivity index (χ3n) is 1.27. The molecular formula is C8H9N2O+. The van der Waals surface area contributed by atoms with Crippen molar-refractivity contribution in [2.24, 2.45) is 0 Å². The van der Waals surface area contributed by atoms with Crippen LogP contribution >= 0.6 is 0 Å². The van der Waals surface area contributed by atoms with Crippen LogP contribution in [0.5, 0.6) is 0 Å². The lowest BCUT2D eigenvalue weighted by Crippen LogP contribution is -2.33. The highest BCUT2D eigenvalue weighted by Gasteiger charge is 1.98. The molecule has 0 aliphatic heterocycles. The fraction of sp³-hybridized carbons (Fsp3) is 0.250. The molecule has 0 spiro atoms. The van der Waals surface area contributed by atoms with Crippen molar-refractivity contribution in [1.29, 1.82) is 5.26 Å². The van der Waals surface area contributed by atoms with Crippen molar-refractivity contribution >= 4 is 0 Å². The van der Waals surface area contributed by atoms with Crippen LogP contribution < -0.4 is 4.57 Å². The molecule has 1 heterocycles. The van der Waals surface area contributed by atoms with Crippen LogP contribution in [-0.2, 0) is 11.5 Å². The molecule has 0 saturated carbocycles. The third kappa shape index (κ3) is 2.03. The number of pyridine rings is 1. The largest absolute Gasteiger partial charge is 0.327 e. The zero-order chi connectivity index (χ0) is 8.10. The lowest BCUT2D eigenvalue weighted by atomic mass is 10.3. The molecule has 0 atom stereocenters. The molecule has 56 valence electrons. The van der Waals surface area contributed by atoms with E-state index in [2.05, 4.69) is 0 Å². The Morgan fingerprint density at radius 1 is 1.73 bits per heavy atom. The van der Waals surface area contributed by atoms with Crippen molar-refractivity contribution in [2.45, 2.75) is 6.73 Å². The van der Waals surface area contributed by atoms with E-state index in [-0.39, 0.29) is 0 Å². The summed E-state index contributed by atoms with van der Waals surface area (Å²) in [5, 5.41) is 8.53. The van der Waals surface area contributed by atoms with Crippen molar-refractivity contribution in [3.63, 3.8) is 0 Å². The summed E-state index contributed by atoms with van der Waals surface area (Å²) in [6, 6.07) is 5.62. The molecule has 0 aliphatic rings. The van der Waals surface area contributed by atoms with Crippen LogP contribution in [-0.4, -0.2) is 7.11 Å². The topological polar surface area (TPSA) is 36.9 Å². The van der Waals surface area contributed by atoms with E-state index >= 15 is 0 Å². The molecule has 0 fully saturated rings. The highest BCUT2D eigenvalue weighted by molar-refractivity contribution is 5.21. The highest BCUT2D eigenvalue weighted by Crippen LogP contribution is 1.89. The first-order valence-corrected chi connectivity index (χ1v) is 3.25. The van der Waals surface area contributed by atoms with Crippen LogP contribution in [0, 0.1) is 11.3 Å². The van der Waals surface area contributed by atoms with Gasteiger partial charge in [-0.05, 0) is 6.07 Å². The minimum Gasteiger partial charge on any atom is -0.327 e. The molecule has 0 amide bonds. The summed E-state index contributed by atoms with van der Waals surface area (Å²) in [6.45, 7) is 0.482. The van der Waals surface area contributed by atoms with Gasteiger partial charge in [0.05, 0.1) is 0 Å². The third-order valence-corrected chi connectivity index (χ3v) is 1.27. The predicted molar refractivity (Wildman–Crippen MR) is 38.4 cm³/mol. The van der Waals surface area contributed by atoms with Gasteiger partial charge in [-0.2, -0.15) is 9.83 Å². The Morgan fingerprint density at radius 3 is 3.18 bits per heavy atom. The van der Waals surface area contributed by atoms with Crippen LogP contribution in [0.25, 0.3) is 0 Å². The molecule has 0 radical (unpaired) electrons. The molecule has 0 aliphatic carbocycles. The Balaban J connectivity index is 2.85. The maximum absolute atomic E-state index is 8.53. The molecule has 0 unspecified atom stereocenters. The normalized spacial score (nSPS) is 9.09. The Hall–Kier alpha value is -1.40. The monoisotopic (exact) mass is 149 g/mol. The molecule has 3 heteroatoms. The van der Waals surface area contributed by atoms with E-state index in [1.807, 2.05) is 18.3 Å². The van der Waals surface area contributed by atoms with Crippen molar-refractivity contribution in [2.75, 3.05) is 7.11 Å². The summed E-state index contributed by atoms with van der Waals surface area (Å²) in [5.41, 5.74) is 0.643. The molecule has 1 rings (SSSR count). The van der Waals surface area contributed by atoms with Crippen LogP contribution in [0.1, 0.15) is 5.56 Å². The number of nitrogens with zero attached hydrogens (tertiary/aromatic N) is 2. The number of ether oxygens (including phenoxy) is 1. The van der Waals surface area contributed by atoms with Gasteiger partial charge >= 0.3 is 0 Å². The molecule has 0 bridgehead atoms. The van der Waals surface area contributed by atoms with E-state index in [0.717, 1.165) is 0 Å². The first-order valence-electron chi connectivity index (χ1n) is 3.25. The summed E-state index contributed by atoms with van der Waals surface area (Å²) in [7, 11) is 1.62. The van der Waals surface area contributed by atoms with Crippen LogP contribution in [0.2, 0.25) is 0 Å². The second-order valence-corrected chi connectivity index (χ2v) is 2.14. The standard InChI is InChI=1S/C8H9N2O/c1-11-7-10-4-2-3-8(5-9)6-10/h2-4,6H,7H2,1H3/q+1. The summed E-state index contributed by atoms with van der Waals surface area (Å²) in [6.07, 6.45) is 3.59. The molecule has 1 aromatic heterocycles. The van der Waals surface area contributed by atoms with E-state index in [1.54, 1.807) is 23.9 Å². The molecule has 0 saturated heterocycles. The minimum absolute atomic E-state index is 0.482. The summed E-state index contributed by atoms with van der Waals surface area (Å²) in [5.74, 6) is 0. The molecule has 11 heavy (non-hydrogen) atoms. The lowest BCUT2D eigenvalue weighted by Gasteiger charge is -1.92. The second kappa shape index (κ2) is 3.69. The predicted octanol–water partition coefficient (Wildman–Crippen LogP) is 0.450. The summed E-state index contributed by atoms with van der Waals surface area (Å²) >= 11 is 0. The molecule has 1 aromatic rings. The van der Waals surface area contributed by atoms with Crippen molar-refractivity contribution in [3.8, 4) is 6.07 Å². The number of hydrogen-bond acceptors (Lipinski definition) is 2. The average Bonchev–Trinajstić information content (AvgIpc) is 2.06. The van der Waals surface area contributed by atoms with Crippen LogP contribution in [0.4, 0.5) is 0 Å². The fourth-order valence-electron chi connectivity index (χ4n) is 0.817. The first-order chi connectivity index (χ1) is 5.36. The fourth-order valence-corrected chi connectivity index (χ4v) is 0.817. The van der Waals surface area contributed by atoms with Gasteiger partial charge in [0.1, 0.15) is 11.6 Å². The average molecular weight is 149 g/mol. The van der Waals surface area contributed by atoms with Gasteiger partial charge in [0.25, 0.3) is 6.73 Å². The van der Waals surface area contributed by atoms with E-state index < -0.39 is 0 Å². The van der Waals surface area contributed by atoms with E-state index in [1.165, 1.54) is 0 Å². The zero-order valence-electron chi connectivity index (χ0n) is 6.32. The summed E-state index contributed by atoms with van der Waals surface area (Å²) in [4.78, 5) is 0. The van der Waals surface area contributed by atoms with E-state index in [9.17, 15) is 0 Å². The lowest BCUT2D eigenvalue weighted by molar-refractivity contribution is -0.731. The molecule has 0 aromatic carbocycles. The van der Waals surface area contributed by atoms with Gasteiger partial charge in [0.2, 0.25) is 0 Å². The van der Waals surface area contributed by atoms with Crippen molar-refractivity contribution in [3.05, 3.63) is 30.1 Å². The SMILES string of the molecule is COC[n+]1cccc(C#N)c1. The Morgan fingerprint density at radius 2 is 2.55 bits per heavy atom. The maximum Gasteiger partial charge on any atom is 0.252 e. The van der Waals surface area contributed by atoms with Gasteiger partial charge in [-0.15, -0.1) is 0 Å². The molecule has 0 N–H and O–H groups in total. The Labute approximate surface area is 65.5 Å². The smallest absolute Gasteiger partial charge is 0.252 e. The van der Waals surface area contributed by atoms with Crippen LogP contribution in [0.15, 0.2) is 24.5 Å². The molecular weight excluding hydrogens is 140 g/mol. The van der Waals surface area contributed by atoms with Gasteiger partial charge in [-0.1, -0.05) is 0 Å². The number of methoxy groups -OCH3 is 1. The van der Waals surface area contributed by atoms with E-state index in [0.29, 0.717) is 12.3 Å². The number of hydrogen-bond donors (Lipinski definition) is 0. The second-order valence-electron chi connectivity index (χ2n) is 2.14. The van der Waals surface area contributed by atoms with Gasteiger partial charge in [0.15, 0.2) is 12.4 Å². The molecule has 3 nitrogen and oxygen atoms in total. The number of rotatable bonds is 2. The van der Waals surface area contributed by atoms with Gasteiger partial charge in [0, 0.05) is 13.2 Å². The minimum atomic E-state index is 0.482.